The molecule has 2 N–H and O–H groups in total. The molecule has 0 spiro atoms. The smallest absolute Gasteiger partial charge is 0.331 e. The van der Waals surface area contributed by atoms with Crippen LogP contribution in [0.2, 0.25) is 0 Å². The lowest BCUT2D eigenvalue weighted by molar-refractivity contribution is -0.146. The Morgan fingerprint density at radius 3 is 2.82 bits per heavy atom. The van der Waals surface area contributed by atoms with E-state index >= 15 is 0 Å². The monoisotopic (exact) mass is 365 g/mol. The minimum Gasteiger partial charge on any atom is -0.467 e. The van der Waals surface area contributed by atoms with E-state index in [9.17, 15) is 4.79 Å². The third-order valence-electron chi connectivity index (χ3n) is 2.10. The Labute approximate surface area is 117 Å². The Morgan fingerprint density at radius 1 is 1.47 bits per heavy atom. The average Bonchev–Trinajstić information content (AvgIpc) is 2.31. The van der Waals surface area contributed by atoms with E-state index in [2.05, 4.69) is 36.6 Å². The molecule has 1 rings (SSSR count). The van der Waals surface area contributed by atoms with Gasteiger partial charge in [-0.3, -0.25) is 0 Å². The van der Waals surface area contributed by atoms with Crippen molar-refractivity contribution in [2.75, 3.05) is 20.3 Å². The van der Waals surface area contributed by atoms with Crippen molar-refractivity contribution in [1.82, 2.24) is 0 Å². The van der Waals surface area contributed by atoms with E-state index in [0.717, 1.165) is 14.5 Å². The van der Waals surface area contributed by atoms with Gasteiger partial charge in [-0.15, -0.1) is 0 Å². The summed E-state index contributed by atoms with van der Waals surface area (Å²) in [6.07, 6.45) is 0. The van der Waals surface area contributed by atoms with Gasteiger partial charge in [0.25, 0.3) is 0 Å². The van der Waals surface area contributed by atoms with Crippen LogP contribution in [0.15, 0.2) is 27.1 Å². The molecule has 1 aromatic carbocycles. The van der Waals surface area contributed by atoms with Crippen molar-refractivity contribution in [1.29, 1.82) is 0 Å². The lowest BCUT2D eigenvalue weighted by atomic mass is 10.1. The lowest BCUT2D eigenvalue weighted by Crippen LogP contribution is -2.20. The standard InChI is InChI=1S/C11H13Br2NO3/c1-16-11(15)6-17-5-10(14)8-4-7(12)2-3-9(8)13/h2-4,10H,5-6,14H2,1H3. The van der Waals surface area contributed by atoms with Crippen LogP contribution in [0.25, 0.3) is 0 Å². The van der Waals surface area contributed by atoms with E-state index in [4.69, 9.17) is 10.5 Å². The van der Waals surface area contributed by atoms with E-state index in [0.29, 0.717) is 0 Å². The zero-order valence-electron chi connectivity index (χ0n) is 9.28. The number of nitrogens with two attached hydrogens (primary N) is 1. The fourth-order valence-electron chi connectivity index (χ4n) is 1.22. The fourth-order valence-corrected chi connectivity index (χ4v) is 2.14. The van der Waals surface area contributed by atoms with Gasteiger partial charge in [0, 0.05) is 8.95 Å². The summed E-state index contributed by atoms with van der Waals surface area (Å²) in [5.74, 6) is -0.412. The topological polar surface area (TPSA) is 61.5 Å². The van der Waals surface area contributed by atoms with Crippen LogP contribution in [-0.2, 0) is 14.3 Å². The zero-order chi connectivity index (χ0) is 12.8. The molecule has 0 saturated heterocycles. The molecule has 0 saturated carbocycles. The Morgan fingerprint density at radius 2 is 2.18 bits per heavy atom. The van der Waals surface area contributed by atoms with Gasteiger partial charge in [0.05, 0.1) is 19.8 Å². The minimum absolute atomic E-state index is 0.0875. The maximum absolute atomic E-state index is 10.8. The van der Waals surface area contributed by atoms with Gasteiger partial charge in [0.2, 0.25) is 0 Å². The molecule has 0 aromatic heterocycles. The molecule has 0 aliphatic heterocycles. The van der Waals surface area contributed by atoms with E-state index in [1.807, 2.05) is 18.2 Å². The molecule has 0 amide bonds. The largest absolute Gasteiger partial charge is 0.467 e. The second kappa shape index (κ2) is 7.10. The number of halogens is 2. The molecule has 94 valence electrons. The van der Waals surface area contributed by atoms with E-state index in [1.165, 1.54) is 7.11 Å². The van der Waals surface area contributed by atoms with E-state index < -0.39 is 5.97 Å². The first-order valence-corrected chi connectivity index (χ1v) is 6.48. The maximum Gasteiger partial charge on any atom is 0.331 e. The van der Waals surface area contributed by atoms with Gasteiger partial charge in [0.1, 0.15) is 6.61 Å². The first-order chi connectivity index (χ1) is 8.04. The highest BCUT2D eigenvalue weighted by Crippen LogP contribution is 2.25. The normalized spacial score (nSPS) is 12.2. The third-order valence-corrected chi connectivity index (χ3v) is 3.32. The molecule has 1 aromatic rings. The molecule has 0 heterocycles. The summed E-state index contributed by atoms with van der Waals surface area (Å²) in [5, 5.41) is 0. The summed E-state index contributed by atoms with van der Waals surface area (Å²) in [4.78, 5) is 10.8. The van der Waals surface area contributed by atoms with Crippen LogP contribution in [0.4, 0.5) is 0 Å². The van der Waals surface area contributed by atoms with Gasteiger partial charge in [-0.05, 0) is 23.8 Å². The van der Waals surface area contributed by atoms with Crippen LogP contribution in [-0.4, -0.2) is 26.3 Å². The quantitative estimate of drug-likeness (QED) is 0.813. The van der Waals surface area contributed by atoms with Gasteiger partial charge in [0.15, 0.2) is 0 Å². The highest BCUT2D eigenvalue weighted by Gasteiger charge is 2.11. The van der Waals surface area contributed by atoms with E-state index in [1.54, 1.807) is 0 Å². The Bertz CT molecular complexity index is 398. The van der Waals surface area contributed by atoms with Crippen LogP contribution in [0.1, 0.15) is 11.6 Å². The third kappa shape index (κ3) is 4.75. The summed E-state index contributed by atoms with van der Waals surface area (Å²) < 4.78 is 11.5. The van der Waals surface area contributed by atoms with Crippen molar-refractivity contribution in [3.63, 3.8) is 0 Å². The molecule has 1 atom stereocenters. The average molecular weight is 367 g/mol. The Balaban J connectivity index is 2.54. The SMILES string of the molecule is COC(=O)COCC(N)c1cc(Br)ccc1Br. The summed E-state index contributed by atoms with van der Waals surface area (Å²) in [6, 6.07) is 5.43. The number of methoxy groups -OCH3 is 1. The number of carbonyl (C=O) groups excluding carboxylic acids is 1. The Hall–Kier alpha value is -0.430. The van der Waals surface area contributed by atoms with Crippen LogP contribution in [0.5, 0.6) is 0 Å². The highest BCUT2D eigenvalue weighted by atomic mass is 79.9. The molecule has 0 radical (unpaired) electrons. The molecule has 4 nitrogen and oxygen atoms in total. The van der Waals surface area contributed by atoms with Crippen LogP contribution in [0.3, 0.4) is 0 Å². The fraction of sp³-hybridized carbons (Fsp3) is 0.364. The van der Waals surface area contributed by atoms with Gasteiger partial charge < -0.3 is 15.2 Å². The van der Waals surface area contributed by atoms with Gasteiger partial charge >= 0.3 is 5.97 Å². The molecule has 0 bridgehead atoms. The van der Waals surface area contributed by atoms with Crippen LogP contribution >= 0.6 is 31.9 Å². The second-order valence-corrected chi connectivity index (χ2v) is 5.13. The van der Waals surface area contributed by atoms with Crippen molar-refractivity contribution >= 4 is 37.8 Å². The minimum atomic E-state index is -0.412. The van der Waals surface area contributed by atoms with Gasteiger partial charge in [-0.1, -0.05) is 31.9 Å². The number of rotatable bonds is 5. The number of carbonyl (C=O) groups is 1. The Kier molecular flexibility index (Phi) is 6.11. The molecule has 17 heavy (non-hydrogen) atoms. The maximum atomic E-state index is 10.8. The number of ether oxygens (including phenoxy) is 2. The van der Waals surface area contributed by atoms with Crippen molar-refractivity contribution < 1.29 is 14.3 Å². The summed E-state index contributed by atoms with van der Waals surface area (Å²) in [5.41, 5.74) is 6.89. The summed E-state index contributed by atoms with van der Waals surface area (Å²) >= 11 is 6.79. The number of esters is 1. The van der Waals surface area contributed by atoms with Crippen LogP contribution < -0.4 is 5.73 Å². The molecular weight excluding hydrogens is 354 g/mol. The summed E-state index contributed by atoms with van der Waals surface area (Å²) in [6.45, 7) is 0.167. The van der Waals surface area contributed by atoms with Gasteiger partial charge in [-0.2, -0.15) is 0 Å². The molecular formula is C11H13Br2NO3. The lowest BCUT2D eigenvalue weighted by Gasteiger charge is -2.14. The molecule has 1 unspecified atom stereocenters. The molecule has 0 aliphatic rings. The number of hydrogen-bond acceptors (Lipinski definition) is 4. The van der Waals surface area contributed by atoms with Crippen molar-refractivity contribution in [3.05, 3.63) is 32.7 Å². The van der Waals surface area contributed by atoms with Crippen molar-refractivity contribution in [2.24, 2.45) is 5.73 Å². The molecule has 6 heteroatoms. The van der Waals surface area contributed by atoms with Crippen LogP contribution in [0, 0.1) is 0 Å². The van der Waals surface area contributed by atoms with E-state index in [-0.39, 0.29) is 19.3 Å². The highest BCUT2D eigenvalue weighted by molar-refractivity contribution is 9.11. The first-order valence-electron chi connectivity index (χ1n) is 4.89. The van der Waals surface area contributed by atoms with Crippen molar-refractivity contribution in [3.8, 4) is 0 Å². The first kappa shape index (κ1) is 14.6. The molecule has 0 fully saturated rings. The number of benzene rings is 1. The second-order valence-electron chi connectivity index (χ2n) is 3.36. The predicted octanol–water partition coefficient (Wildman–Crippen LogP) is 2.40. The number of hydrogen-bond donors (Lipinski definition) is 1. The molecule has 0 aliphatic carbocycles. The summed E-state index contributed by atoms with van der Waals surface area (Å²) in [7, 11) is 1.32. The zero-order valence-corrected chi connectivity index (χ0v) is 12.5. The van der Waals surface area contributed by atoms with Crippen molar-refractivity contribution in [2.45, 2.75) is 6.04 Å². The predicted molar refractivity (Wildman–Crippen MR) is 71.6 cm³/mol. The van der Waals surface area contributed by atoms with Gasteiger partial charge in [-0.25, -0.2) is 4.79 Å².